The molecule has 3 rings (SSSR count). The van der Waals surface area contributed by atoms with Crippen LogP contribution in [0, 0.1) is 6.92 Å². The molecule has 24 heavy (non-hydrogen) atoms. The predicted octanol–water partition coefficient (Wildman–Crippen LogP) is 2.77. The summed E-state index contributed by atoms with van der Waals surface area (Å²) in [7, 11) is 1.72. The Hall–Kier alpha value is -2.61. The lowest BCUT2D eigenvalue weighted by Crippen LogP contribution is -2.22. The number of halogens is 1. The number of carbonyl (C=O) groups excluding carboxylic acids is 2. The number of anilines is 1. The van der Waals surface area contributed by atoms with Crippen molar-refractivity contribution in [2.24, 2.45) is 7.05 Å². The van der Waals surface area contributed by atoms with Gasteiger partial charge in [-0.25, -0.2) is 4.79 Å². The fourth-order valence-corrected chi connectivity index (χ4v) is 2.96. The number of nitrogens with one attached hydrogen (secondary N) is 2. The molecule has 1 amide bonds. The van der Waals surface area contributed by atoms with E-state index in [0.717, 1.165) is 16.6 Å². The number of esters is 1. The molecule has 0 radical (unpaired) electrons. The van der Waals surface area contributed by atoms with E-state index >= 15 is 0 Å². The van der Waals surface area contributed by atoms with Crippen molar-refractivity contribution < 1.29 is 14.3 Å². The highest BCUT2D eigenvalue weighted by Crippen LogP contribution is 2.28. The number of hydrogen-bond acceptors (Lipinski definition) is 4. The highest BCUT2D eigenvalue weighted by atomic mass is 79.9. The minimum atomic E-state index is -0.602. The second-order valence-corrected chi connectivity index (χ2v) is 6.07. The fraction of sp³-hybridized carbons (Fsp3) is 0.188. The molecule has 0 spiro atoms. The minimum Gasteiger partial charge on any atom is -0.451 e. The molecule has 2 heterocycles. The number of aromatic nitrogens is 3. The Labute approximate surface area is 146 Å². The third kappa shape index (κ3) is 3.18. The number of ether oxygens (including phenoxy) is 1. The normalized spacial score (nSPS) is 10.8. The number of H-pyrrole nitrogens is 1. The molecule has 2 aromatic heterocycles. The van der Waals surface area contributed by atoms with Crippen LogP contribution in [0.4, 0.5) is 5.82 Å². The van der Waals surface area contributed by atoms with Crippen molar-refractivity contribution in [1.29, 1.82) is 0 Å². The third-order valence-corrected chi connectivity index (χ3v) is 4.27. The Morgan fingerprint density at radius 2 is 2.12 bits per heavy atom. The molecule has 0 bridgehead atoms. The van der Waals surface area contributed by atoms with Crippen molar-refractivity contribution in [2.45, 2.75) is 6.92 Å². The summed E-state index contributed by atoms with van der Waals surface area (Å²) in [5, 5.41) is 7.64. The van der Waals surface area contributed by atoms with Gasteiger partial charge in [0.2, 0.25) is 0 Å². The summed E-state index contributed by atoms with van der Waals surface area (Å²) in [5.41, 5.74) is 1.87. The molecule has 8 heteroatoms. The molecule has 0 atom stereocenters. The molecule has 0 fully saturated rings. The molecule has 7 nitrogen and oxygen atoms in total. The van der Waals surface area contributed by atoms with E-state index in [-0.39, 0.29) is 12.3 Å². The third-order valence-electron chi connectivity index (χ3n) is 3.45. The van der Waals surface area contributed by atoms with Gasteiger partial charge in [-0.1, -0.05) is 18.2 Å². The zero-order valence-electron chi connectivity index (χ0n) is 13.1. The maximum Gasteiger partial charge on any atom is 0.356 e. The Kier molecular flexibility index (Phi) is 4.39. The van der Waals surface area contributed by atoms with Crippen LogP contribution in [-0.2, 0) is 16.6 Å². The molecule has 1 aromatic carbocycles. The SMILES string of the molecule is Cc1cc(NC(=O)COC(=O)c2[nH]c3ccccc3c2Br)n(C)n1. The predicted molar refractivity (Wildman–Crippen MR) is 92.9 cm³/mol. The number of hydrogen-bond donors (Lipinski definition) is 2. The van der Waals surface area contributed by atoms with Crippen molar-refractivity contribution in [3.05, 3.63) is 46.2 Å². The number of nitrogens with zero attached hydrogens (tertiary/aromatic N) is 2. The van der Waals surface area contributed by atoms with Crippen molar-refractivity contribution in [3.8, 4) is 0 Å². The second kappa shape index (κ2) is 6.48. The summed E-state index contributed by atoms with van der Waals surface area (Å²) < 4.78 is 7.24. The van der Waals surface area contributed by atoms with E-state index in [9.17, 15) is 9.59 Å². The summed E-state index contributed by atoms with van der Waals surface area (Å²) in [6, 6.07) is 9.20. The maximum absolute atomic E-state index is 12.2. The van der Waals surface area contributed by atoms with Crippen LogP contribution in [0.3, 0.4) is 0 Å². The molecule has 2 N–H and O–H groups in total. The van der Waals surface area contributed by atoms with Crippen LogP contribution in [0.2, 0.25) is 0 Å². The Morgan fingerprint density at radius 3 is 2.79 bits per heavy atom. The van der Waals surface area contributed by atoms with Gasteiger partial charge in [0.15, 0.2) is 6.61 Å². The summed E-state index contributed by atoms with van der Waals surface area (Å²) >= 11 is 3.38. The zero-order valence-corrected chi connectivity index (χ0v) is 14.7. The second-order valence-electron chi connectivity index (χ2n) is 5.28. The smallest absolute Gasteiger partial charge is 0.356 e. The Balaban J connectivity index is 1.65. The van der Waals surface area contributed by atoms with Gasteiger partial charge < -0.3 is 15.0 Å². The monoisotopic (exact) mass is 390 g/mol. The number of para-hydroxylation sites is 1. The molecule has 0 saturated heterocycles. The quantitative estimate of drug-likeness (QED) is 0.670. The molecule has 0 saturated carbocycles. The zero-order chi connectivity index (χ0) is 17.3. The first-order valence-electron chi connectivity index (χ1n) is 7.19. The standard InChI is InChI=1S/C16H15BrN4O3/c1-9-7-12(21(2)20-9)19-13(22)8-24-16(23)15-14(17)10-5-3-4-6-11(10)18-15/h3-7,18H,8H2,1-2H3,(H,19,22). The highest BCUT2D eigenvalue weighted by Gasteiger charge is 2.18. The number of aromatic amines is 1. The van der Waals surface area contributed by atoms with E-state index in [2.05, 4.69) is 31.3 Å². The highest BCUT2D eigenvalue weighted by molar-refractivity contribution is 9.10. The molecular weight excluding hydrogens is 376 g/mol. The largest absolute Gasteiger partial charge is 0.451 e. The van der Waals surface area contributed by atoms with Crippen LogP contribution in [0.5, 0.6) is 0 Å². The van der Waals surface area contributed by atoms with E-state index in [4.69, 9.17) is 4.74 Å². The average molecular weight is 391 g/mol. The molecule has 3 aromatic rings. The maximum atomic E-state index is 12.2. The lowest BCUT2D eigenvalue weighted by atomic mass is 10.2. The van der Waals surface area contributed by atoms with E-state index in [1.165, 1.54) is 0 Å². The van der Waals surface area contributed by atoms with Gasteiger partial charge in [0.05, 0.1) is 10.2 Å². The van der Waals surface area contributed by atoms with Crippen molar-refractivity contribution in [2.75, 3.05) is 11.9 Å². The number of carbonyl (C=O) groups is 2. The molecule has 0 aliphatic carbocycles. The van der Waals surface area contributed by atoms with Gasteiger partial charge >= 0.3 is 5.97 Å². The summed E-state index contributed by atoms with van der Waals surface area (Å²) in [4.78, 5) is 27.1. The van der Waals surface area contributed by atoms with Crippen LogP contribution >= 0.6 is 15.9 Å². The number of rotatable bonds is 4. The van der Waals surface area contributed by atoms with Crippen molar-refractivity contribution in [1.82, 2.24) is 14.8 Å². The summed E-state index contributed by atoms with van der Waals surface area (Å²) in [5.74, 6) is -0.492. The van der Waals surface area contributed by atoms with E-state index < -0.39 is 11.9 Å². The number of aryl methyl sites for hydroxylation is 2. The van der Waals surface area contributed by atoms with E-state index in [0.29, 0.717) is 10.3 Å². The van der Waals surface area contributed by atoms with E-state index in [1.807, 2.05) is 31.2 Å². The molecule has 124 valence electrons. The first-order valence-corrected chi connectivity index (χ1v) is 7.99. The van der Waals surface area contributed by atoms with Crippen LogP contribution in [0.25, 0.3) is 10.9 Å². The Morgan fingerprint density at radius 1 is 1.38 bits per heavy atom. The van der Waals surface area contributed by atoms with Crippen LogP contribution in [0.1, 0.15) is 16.2 Å². The number of fused-ring (bicyclic) bond motifs is 1. The van der Waals surface area contributed by atoms with Gasteiger partial charge in [0, 0.05) is 24.0 Å². The minimum absolute atomic E-state index is 0.278. The Bertz CT molecular complexity index is 929. The van der Waals surface area contributed by atoms with Crippen LogP contribution < -0.4 is 5.32 Å². The van der Waals surface area contributed by atoms with E-state index in [1.54, 1.807) is 17.8 Å². The van der Waals surface area contributed by atoms with Gasteiger partial charge in [0.1, 0.15) is 11.5 Å². The summed E-state index contributed by atoms with van der Waals surface area (Å²) in [6.07, 6.45) is 0. The first kappa shape index (κ1) is 16.3. The van der Waals surface area contributed by atoms with Crippen LogP contribution in [0.15, 0.2) is 34.8 Å². The van der Waals surface area contributed by atoms with Gasteiger partial charge in [-0.2, -0.15) is 5.10 Å². The molecular formula is C16H15BrN4O3. The first-order chi connectivity index (χ1) is 11.5. The van der Waals surface area contributed by atoms with Crippen molar-refractivity contribution in [3.63, 3.8) is 0 Å². The van der Waals surface area contributed by atoms with Gasteiger partial charge in [-0.15, -0.1) is 0 Å². The average Bonchev–Trinajstić information content (AvgIpc) is 3.05. The molecule has 0 aliphatic heterocycles. The van der Waals surface area contributed by atoms with Gasteiger partial charge in [-0.3, -0.25) is 9.48 Å². The lowest BCUT2D eigenvalue weighted by molar-refractivity contribution is -0.119. The van der Waals surface area contributed by atoms with Crippen LogP contribution in [-0.4, -0.2) is 33.2 Å². The molecule has 0 aliphatic rings. The topological polar surface area (TPSA) is 89.0 Å². The van der Waals surface area contributed by atoms with Gasteiger partial charge in [-0.05, 0) is 28.9 Å². The molecule has 0 unspecified atom stereocenters. The lowest BCUT2D eigenvalue weighted by Gasteiger charge is -2.06. The van der Waals surface area contributed by atoms with Gasteiger partial charge in [0.25, 0.3) is 5.91 Å². The number of amides is 1. The summed E-state index contributed by atoms with van der Waals surface area (Å²) in [6.45, 7) is 1.44. The fourth-order valence-electron chi connectivity index (χ4n) is 2.36. The number of benzene rings is 1. The van der Waals surface area contributed by atoms with Crippen molar-refractivity contribution >= 4 is 44.5 Å².